The summed E-state index contributed by atoms with van der Waals surface area (Å²) in [5.74, 6) is -0.873. The number of methoxy groups -OCH3 is 1. The second-order valence-electron chi connectivity index (χ2n) is 6.25. The number of benzene rings is 1. The van der Waals surface area contributed by atoms with Gasteiger partial charge in [-0.25, -0.2) is 4.79 Å². The number of ether oxygens (including phenoxy) is 1. The van der Waals surface area contributed by atoms with Crippen LogP contribution < -0.4 is 5.32 Å². The number of hydrogen-bond acceptors (Lipinski definition) is 4. The van der Waals surface area contributed by atoms with Crippen LogP contribution in [0.2, 0.25) is 0 Å². The Morgan fingerprint density at radius 3 is 2.43 bits per heavy atom. The first-order chi connectivity index (χ1) is 10.9. The maximum atomic E-state index is 12.5. The summed E-state index contributed by atoms with van der Waals surface area (Å²) >= 11 is 0. The lowest BCUT2D eigenvalue weighted by atomic mass is 9.83. The van der Waals surface area contributed by atoms with Gasteiger partial charge in [-0.3, -0.25) is 9.59 Å². The standard InChI is InChI=1S/C18H23NO4/c1-11-7-12(2)9-14(8-11)17(21)19-16(18(22)23-3)13-5-4-6-15(20)10-13/h7-9,13,16H,4-6,10H2,1-3H3,(H,19,21)/t13-,16+/m0/s1. The highest BCUT2D eigenvalue weighted by Crippen LogP contribution is 2.25. The molecular formula is C18H23NO4. The quantitative estimate of drug-likeness (QED) is 0.865. The third kappa shape index (κ3) is 4.41. The highest BCUT2D eigenvalue weighted by Gasteiger charge is 2.34. The van der Waals surface area contributed by atoms with E-state index in [1.165, 1.54) is 7.11 Å². The van der Waals surface area contributed by atoms with Crippen LogP contribution in [0.4, 0.5) is 0 Å². The molecule has 0 aliphatic heterocycles. The predicted octanol–water partition coefficient (Wildman–Crippen LogP) is 2.33. The van der Waals surface area contributed by atoms with Crippen LogP contribution in [-0.4, -0.2) is 30.8 Å². The van der Waals surface area contributed by atoms with Crippen molar-refractivity contribution in [3.05, 3.63) is 34.9 Å². The average Bonchev–Trinajstić information content (AvgIpc) is 2.50. The van der Waals surface area contributed by atoms with Crippen LogP contribution in [0, 0.1) is 19.8 Å². The summed E-state index contributed by atoms with van der Waals surface area (Å²) in [5.41, 5.74) is 2.48. The van der Waals surface area contributed by atoms with Gasteiger partial charge in [0.15, 0.2) is 0 Å². The van der Waals surface area contributed by atoms with E-state index in [-0.39, 0.29) is 17.6 Å². The Bertz CT molecular complexity index is 603. The second-order valence-corrected chi connectivity index (χ2v) is 6.25. The number of esters is 1. The summed E-state index contributed by atoms with van der Waals surface area (Å²) in [4.78, 5) is 36.2. The van der Waals surface area contributed by atoms with Crippen molar-refractivity contribution in [2.45, 2.75) is 45.6 Å². The number of carbonyl (C=O) groups excluding carboxylic acids is 3. The molecule has 0 unspecified atom stereocenters. The van der Waals surface area contributed by atoms with E-state index in [0.717, 1.165) is 24.0 Å². The summed E-state index contributed by atoms with van der Waals surface area (Å²) in [6.07, 6.45) is 2.34. The van der Waals surface area contributed by atoms with Gasteiger partial charge in [0.1, 0.15) is 11.8 Å². The van der Waals surface area contributed by atoms with Crippen LogP contribution in [-0.2, 0) is 14.3 Å². The molecule has 2 rings (SSSR count). The van der Waals surface area contributed by atoms with Gasteiger partial charge < -0.3 is 10.1 Å². The molecule has 1 aliphatic carbocycles. The molecule has 5 heteroatoms. The molecule has 5 nitrogen and oxygen atoms in total. The first-order valence-electron chi connectivity index (χ1n) is 7.89. The zero-order valence-corrected chi connectivity index (χ0v) is 13.8. The fourth-order valence-electron chi connectivity index (χ4n) is 3.17. The molecule has 1 amide bonds. The van der Waals surface area contributed by atoms with E-state index in [1.54, 1.807) is 12.1 Å². The minimum atomic E-state index is -0.780. The topological polar surface area (TPSA) is 72.5 Å². The predicted molar refractivity (Wildman–Crippen MR) is 86.2 cm³/mol. The Balaban J connectivity index is 2.18. The van der Waals surface area contributed by atoms with Crippen molar-refractivity contribution in [3.8, 4) is 0 Å². The Kier molecular flexibility index (Phi) is 5.53. The molecule has 0 radical (unpaired) electrons. The molecule has 0 bridgehead atoms. The van der Waals surface area contributed by atoms with Crippen molar-refractivity contribution < 1.29 is 19.1 Å². The second kappa shape index (κ2) is 7.40. The first-order valence-corrected chi connectivity index (χ1v) is 7.89. The molecule has 1 aromatic carbocycles. The van der Waals surface area contributed by atoms with Crippen LogP contribution in [0.5, 0.6) is 0 Å². The van der Waals surface area contributed by atoms with Crippen molar-refractivity contribution in [2.75, 3.05) is 7.11 Å². The number of carbonyl (C=O) groups is 3. The number of amides is 1. The average molecular weight is 317 g/mol. The molecule has 0 heterocycles. The normalized spacial score (nSPS) is 19.1. The van der Waals surface area contributed by atoms with Gasteiger partial charge in [-0.1, -0.05) is 17.2 Å². The smallest absolute Gasteiger partial charge is 0.328 e. The zero-order valence-electron chi connectivity index (χ0n) is 13.8. The molecule has 1 fully saturated rings. The molecule has 23 heavy (non-hydrogen) atoms. The van der Waals surface area contributed by atoms with E-state index in [0.29, 0.717) is 18.4 Å². The van der Waals surface area contributed by atoms with Crippen LogP contribution in [0.3, 0.4) is 0 Å². The number of rotatable bonds is 4. The van der Waals surface area contributed by atoms with E-state index in [4.69, 9.17) is 4.74 Å². The zero-order chi connectivity index (χ0) is 17.0. The maximum Gasteiger partial charge on any atom is 0.328 e. The Labute approximate surface area is 136 Å². The van der Waals surface area contributed by atoms with Gasteiger partial charge in [-0.05, 0) is 44.7 Å². The molecule has 1 N–H and O–H groups in total. The van der Waals surface area contributed by atoms with Crippen LogP contribution >= 0.6 is 0 Å². The largest absolute Gasteiger partial charge is 0.467 e. The highest BCUT2D eigenvalue weighted by molar-refractivity contribution is 5.97. The van der Waals surface area contributed by atoms with Crippen molar-refractivity contribution >= 4 is 17.7 Å². The van der Waals surface area contributed by atoms with Gasteiger partial charge >= 0.3 is 5.97 Å². The minimum Gasteiger partial charge on any atom is -0.467 e. The van der Waals surface area contributed by atoms with Gasteiger partial charge in [0.25, 0.3) is 5.91 Å². The van der Waals surface area contributed by atoms with Crippen LogP contribution in [0.15, 0.2) is 18.2 Å². The fraction of sp³-hybridized carbons (Fsp3) is 0.500. The van der Waals surface area contributed by atoms with Gasteiger partial charge in [0.05, 0.1) is 7.11 Å². The maximum absolute atomic E-state index is 12.5. The summed E-state index contributed by atoms with van der Waals surface area (Å²) in [6.45, 7) is 3.84. The molecule has 1 aliphatic rings. The molecular weight excluding hydrogens is 294 g/mol. The van der Waals surface area contributed by atoms with E-state index in [1.807, 2.05) is 19.9 Å². The summed E-state index contributed by atoms with van der Waals surface area (Å²) in [6, 6.07) is 4.76. The van der Waals surface area contributed by atoms with Crippen molar-refractivity contribution in [1.82, 2.24) is 5.32 Å². The third-order valence-electron chi connectivity index (χ3n) is 4.22. The monoisotopic (exact) mass is 317 g/mol. The minimum absolute atomic E-state index is 0.135. The third-order valence-corrected chi connectivity index (χ3v) is 4.22. The number of hydrogen-bond donors (Lipinski definition) is 1. The van der Waals surface area contributed by atoms with Crippen molar-refractivity contribution in [1.29, 1.82) is 0 Å². The van der Waals surface area contributed by atoms with Crippen molar-refractivity contribution in [3.63, 3.8) is 0 Å². The summed E-state index contributed by atoms with van der Waals surface area (Å²) in [5, 5.41) is 2.76. The molecule has 0 spiro atoms. The van der Waals surface area contributed by atoms with Gasteiger partial charge in [0.2, 0.25) is 0 Å². The molecule has 2 atom stereocenters. The van der Waals surface area contributed by atoms with Crippen LogP contribution in [0.25, 0.3) is 0 Å². The van der Waals surface area contributed by atoms with E-state index < -0.39 is 12.0 Å². The summed E-state index contributed by atoms with van der Waals surface area (Å²) in [7, 11) is 1.29. The summed E-state index contributed by atoms with van der Waals surface area (Å²) < 4.78 is 4.82. The Morgan fingerprint density at radius 1 is 1.22 bits per heavy atom. The number of nitrogens with one attached hydrogen (secondary N) is 1. The lowest BCUT2D eigenvalue weighted by Crippen LogP contribution is -2.48. The SMILES string of the molecule is COC(=O)[C@H](NC(=O)c1cc(C)cc(C)c1)[C@H]1CCCC(=O)C1. The lowest BCUT2D eigenvalue weighted by Gasteiger charge is -2.28. The van der Waals surface area contributed by atoms with E-state index in [9.17, 15) is 14.4 Å². The number of aryl methyl sites for hydroxylation is 2. The number of Topliss-reactive ketones (excluding diaryl/α,β-unsaturated/α-hetero) is 1. The van der Waals surface area contributed by atoms with E-state index in [2.05, 4.69) is 5.32 Å². The molecule has 1 aromatic rings. The Hall–Kier alpha value is -2.17. The number of ketones is 1. The molecule has 1 saturated carbocycles. The Morgan fingerprint density at radius 2 is 1.87 bits per heavy atom. The van der Waals surface area contributed by atoms with E-state index >= 15 is 0 Å². The lowest BCUT2D eigenvalue weighted by molar-refractivity contribution is -0.145. The molecule has 124 valence electrons. The van der Waals surface area contributed by atoms with Gasteiger partial charge in [-0.15, -0.1) is 0 Å². The fourth-order valence-corrected chi connectivity index (χ4v) is 3.17. The first kappa shape index (κ1) is 17.2. The van der Waals surface area contributed by atoms with Crippen LogP contribution in [0.1, 0.15) is 47.2 Å². The molecule has 0 aromatic heterocycles. The van der Waals surface area contributed by atoms with Gasteiger partial charge in [0, 0.05) is 18.4 Å². The van der Waals surface area contributed by atoms with Gasteiger partial charge in [-0.2, -0.15) is 0 Å². The van der Waals surface area contributed by atoms with Crippen molar-refractivity contribution in [2.24, 2.45) is 5.92 Å². The highest BCUT2D eigenvalue weighted by atomic mass is 16.5. The molecule has 0 saturated heterocycles.